The van der Waals surface area contributed by atoms with Crippen LogP contribution in [0.2, 0.25) is 0 Å². The zero-order valence-electron chi connectivity index (χ0n) is 8.16. The quantitative estimate of drug-likeness (QED) is 0.671. The lowest BCUT2D eigenvalue weighted by molar-refractivity contribution is -0.153. The van der Waals surface area contributed by atoms with Gasteiger partial charge in [0.2, 0.25) is 0 Å². The highest BCUT2D eigenvalue weighted by molar-refractivity contribution is 5.81. The van der Waals surface area contributed by atoms with Gasteiger partial charge in [0.05, 0.1) is 6.61 Å². The maximum absolute atomic E-state index is 11.6. The van der Waals surface area contributed by atoms with Crippen LogP contribution in [0.25, 0.3) is 0 Å². The van der Waals surface area contributed by atoms with E-state index in [1.807, 2.05) is 11.8 Å². The average Bonchev–Trinajstić information content (AvgIpc) is 2.16. The molecule has 1 heterocycles. The number of nitrogens with zero attached hydrogens (tertiary/aromatic N) is 1. The van der Waals surface area contributed by atoms with Gasteiger partial charge in [0.15, 0.2) is 0 Å². The minimum atomic E-state index is -0.239. The molecule has 1 rings (SSSR count). The van der Waals surface area contributed by atoms with Gasteiger partial charge < -0.3 is 15.4 Å². The first-order chi connectivity index (χ1) is 6.29. The largest absolute Gasteiger partial charge is 0.367 e. The van der Waals surface area contributed by atoms with Crippen molar-refractivity contribution in [3.63, 3.8) is 0 Å². The Kier molecular flexibility index (Phi) is 4.18. The van der Waals surface area contributed by atoms with E-state index in [0.29, 0.717) is 13.2 Å². The molecule has 0 radical (unpaired) electrons. The number of carbonyl (C=O) groups is 1. The van der Waals surface area contributed by atoms with Gasteiger partial charge in [-0.3, -0.25) is 4.79 Å². The molecule has 0 aromatic carbocycles. The Morgan fingerprint density at radius 1 is 1.69 bits per heavy atom. The molecule has 1 fully saturated rings. The third kappa shape index (κ3) is 2.67. The molecule has 1 unspecified atom stereocenters. The second kappa shape index (κ2) is 5.19. The molecule has 76 valence electrons. The normalized spacial score (nSPS) is 23.7. The number of rotatable bonds is 4. The van der Waals surface area contributed by atoms with Crippen molar-refractivity contribution >= 4 is 5.91 Å². The van der Waals surface area contributed by atoms with Gasteiger partial charge in [-0.15, -0.1) is 0 Å². The smallest absolute Gasteiger partial charge is 0.251 e. The number of hydrogen-bond acceptors (Lipinski definition) is 3. The lowest BCUT2D eigenvalue weighted by Gasteiger charge is -2.31. The molecule has 0 aliphatic carbocycles. The fraction of sp³-hybridized carbons (Fsp3) is 0.889. The topological polar surface area (TPSA) is 55.6 Å². The summed E-state index contributed by atoms with van der Waals surface area (Å²) in [4.78, 5) is 13.5. The van der Waals surface area contributed by atoms with Crippen molar-refractivity contribution in [3.05, 3.63) is 0 Å². The van der Waals surface area contributed by atoms with E-state index in [2.05, 4.69) is 0 Å². The molecule has 1 amide bonds. The van der Waals surface area contributed by atoms with Crippen LogP contribution in [0.4, 0.5) is 0 Å². The van der Waals surface area contributed by atoms with Gasteiger partial charge in [0.1, 0.15) is 6.10 Å². The lowest BCUT2D eigenvalue weighted by Crippen LogP contribution is -2.47. The Balaban J connectivity index is 2.40. The van der Waals surface area contributed by atoms with Crippen molar-refractivity contribution in [2.45, 2.75) is 25.9 Å². The molecule has 1 atom stereocenters. The van der Waals surface area contributed by atoms with Crippen LogP contribution < -0.4 is 5.73 Å². The van der Waals surface area contributed by atoms with E-state index in [9.17, 15) is 4.79 Å². The fourth-order valence-corrected chi connectivity index (χ4v) is 1.51. The Bertz CT molecular complexity index is 173. The van der Waals surface area contributed by atoms with Crippen molar-refractivity contribution in [1.29, 1.82) is 0 Å². The molecule has 0 aromatic heterocycles. The molecule has 0 aromatic rings. The summed E-state index contributed by atoms with van der Waals surface area (Å²) in [5, 5.41) is 0. The molecule has 4 heteroatoms. The predicted molar refractivity (Wildman–Crippen MR) is 50.3 cm³/mol. The lowest BCUT2D eigenvalue weighted by atomic mass is 10.1. The van der Waals surface area contributed by atoms with E-state index >= 15 is 0 Å². The third-order valence-corrected chi connectivity index (χ3v) is 2.32. The monoisotopic (exact) mass is 186 g/mol. The molecule has 4 nitrogen and oxygen atoms in total. The fourth-order valence-electron chi connectivity index (χ4n) is 1.51. The molecular weight excluding hydrogens is 168 g/mol. The molecule has 0 spiro atoms. The Hall–Kier alpha value is -0.610. The van der Waals surface area contributed by atoms with Gasteiger partial charge >= 0.3 is 0 Å². The van der Waals surface area contributed by atoms with Crippen LogP contribution in [-0.4, -0.2) is 43.2 Å². The first-order valence-corrected chi connectivity index (χ1v) is 4.90. The summed E-state index contributed by atoms with van der Waals surface area (Å²) in [6, 6.07) is 0. The van der Waals surface area contributed by atoms with Gasteiger partial charge in [-0.2, -0.15) is 0 Å². The number of nitrogens with two attached hydrogens (primary N) is 1. The molecule has 2 N–H and O–H groups in total. The Labute approximate surface area is 79.0 Å². The van der Waals surface area contributed by atoms with Crippen molar-refractivity contribution < 1.29 is 9.53 Å². The van der Waals surface area contributed by atoms with Gasteiger partial charge in [0.25, 0.3) is 5.91 Å². The molecule has 1 aliphatic rings. The van der Waals surface area contributed by atoms with Crippen LogP contribution in [0.1, 0.15) is 19.8 Å². The number of amides is 1. The SMILES string of the molecule is CCN1CCOC(CCCN)C1=O. The first-order valence-electron chi connectivity index (χ1n) is 4.90. The van der Waals surface area contributed by atoms with Gasteiger partial charge in [-0.1, -0.05) is 0 Å². The van der Waals surface area contributed by atoms with Crippen molar-refractivity contribution in [3.8, 4) is 0 Å². The van der Waals surface area contributed by atoms with Crippen LogP contribution in [-0.2, 0) is 9.53 Å². The van der Waals surface area contributed by atoms with E-state index in [1.54, 1.807) is 0 Å². The summed E-state index contributed by atoms with van der Waals surface area (Å²) in [5.74, 6) is 0.127. The van der Waals surface area contributed by atoms with Crippen LogP contribution in [0.3, 0.4) is 0 Å². The summed E-state index contributed by atoms with van der Waals surface area (Å²) in [6.07, 6.45) is 1.37. The summed E-state index contributed by atoms with van der Waals surface area (Å²) < 4.78 is 5.38. The molecule has 1 saturated heterocycles. The summed E-state index contributed by atoms with van der Waals surface area (Å²) in [5.41, 5.74) is 5.38. The molecular formula is C9H18N2O2. The van der Waals surface area contributed by atoms with E-state index in [-0.39, 0.29) is 12.0 Å². The second-order valence-electron chi connectivity index (χ2n) is 3.21. The average molecular weight is 186 g/mol. The highest BCUT2D eigenvalue weighted by Gasteiger charge is 2.27. The maximum atomic E-state index is 11.6. The number of hydrogen-bond donors (Lipinski definition) is 1. The zero-order chi connectivity index (χ0) is 9.68. The number of morpholine rings is 1. The molecule has 0 bridgehead atoms. The molecule has 0 saturated carbocycles. The number of ether oxygens (including phenoxy) is 1. The van der Waals surface area contributed by atoms with Gasteiger partial charge in [-0.25, -0.2) is 0 Å². The third-order valence-electron chi connectivity index (χ3n) is 2.32. The highest BCUT2D eigenvalue weighted by atomic mass is 16.5. The van der Waals surface area contributed by atoms with Crippen LogP contribution in [0, 0.1) is 0 Å². The summed E-state index contributed by atoms with van der Waals surface area (Å²) >= 11 is 0. The van der Waals surface area contributed by atoms with Crippen molar-refractivity contribution in [2.75, 3.05) is 26.2 Å². The predicted octanol–water partition coefficient (Wildman–Crippen LogP) is -0.0274. The van der Waals surface area contributed by atoms with E-state index in [0.717, 1.165) is 25.9 Å². The van der Waals surface area contributed by atoms with Crippen LogP contribution >= 0.6 is 0 Å². The van der Waals surface area contributed by atoms with Gasteiger partial charge in [0, 0.05) is 13.1 Å². The Morgan fingerprint density at radius 2 is 2.46 bits per heavy atom. The van der Waals surface area contributed by atoms with Crippen molar-refractivity contribution in [2.24, 2.45) is 5.73 Å². The number of likely N-dealkylation sites (N-methyl/N-ethyl adjacent to an activating group) is 1. The summed E-state index contributed by atoms with van der Waals surface area (Å²) in [6.45, 7) is 4.78. The standard InChI is InChI=1S/C9H18N2O2/c1-2-11-6-7-13-8(9(11)12)4-3-5-10/h8H,2-7,10H2,1H3. The first kappa shape index (κ1) is 10.5. The maximum Gasteiger partial charge on any atom is 0.251 e. The number of carbonyl (C=O) groups excluding carboxylic acids is 1. The van der Waals surface area contributed by atoms with Gasteiger partial charge in [-0.05, 0) is 26.3 Å². The molecule has 1 aliphatic heterocycles. The minimum Gasteiger partial charge on any atom is -0.367 e. The van der Waals surface area contributed by atoms with E-state index in [1.165, 1.54) is 0 Å². The minimum absolute atomic E-state index is 0.127. The zero-order valence-corrected chi connectivity index (χ0v) is 8.16. The second-order valence-corrected chi connectivity index (χ2v) is 3.21. The van der Waals surface area contributed by atoms with E-state index < -0.39 is 0 Å². The summed E-state index contributed by atoms with van der Waals surface area (Å²) in [7, 11) is 0. The highest BCUT2D eigenvalue weighted by Crippen LogP contribution is 2.11. The van der Waals surface area contributed by atoms with Crippen molar-refractivity contribution in [1.82, 2.24) is 4.90 Å². The van der Waals surface area contributed by atoms with E-state index in [4.69, 9.17) is 10.5 Å². The van der Waals surface area contributed by atoms with Crippen LogP contribution in [0.5, 0.6) is 0 Å². The Morgan fingerprint density at radius 3 is 3.08 bits per heavy atom. The van der Waals surface area contributed by atoms with Crippen LogP contribution in [0.15, 0.2) is 0 Å². The molecule has 13 heavy (non-hydrogen) atoms.